The first-order chi connectivity index (χ1) is 11.7. The second-order valence-electron chi connectivity index (χ2n) is 5.35. The Bertz CT molecular complexity index is 923. The quantitative estimate of drug-likeness (QED) is 0.558. The Morgan fingerprint density at radius 3 is 3.12 bits per heavy atom. The van der Waals surface area contributed by atoms with E-state index < -0.39 is 4.92 Å². The van der Waals surface area contributed by atoms with Gasteiger partial charge >= 0.3 is 0 Å². The molecule has 0 atom stereocenters. The molecule has 0 radical (unpaired) electrons. The summed E-state index contributed by atoms with van der Waals surface area (Å²) < 4.78 is 10.7. The maximum atomic E-state index is 11.1. The fourth-order valence-corrected chi connectivity index (χ4v) is 2.65. The number of nitro groups is 1. The highest BCUT2D eigenvalue weighted by Gasteiger charge is 2.20. The van der Waals surface area contributed by atoms with Crippen LogP contribution >= 0.6 is 0 Å². The fourth-order valence-electron chi connectivity index (χ4n) is 2.65. The van der Waals surface area contributed by atoms with Gasteiger partial charge < -0.3 is 14.8 Å². The second-order valence-corrected chi connectivity index (χ2v) is 5.35. The lowest BCUT2D eigenvalue weighted by atomic mass is 10.1. The molecule has 0 saturated carbocycles. The molecule has 3 aromatic rings. The molecule has 122 valence electrons. The lowest BCUT2D eigenvalue weighted by Crippen LogP contribution is -2.15. The molecule has 1 aromatic carbocycles. The molecule has 9 heteroatoms. The first-order valence-corrected chi connectivity index (χ1v) is 7.24. The van der Waals surface area contributed by atoms with Gasteiger partial charge in [-0.25, -0.2) is 4.98 Å². The summed E-state index contributed by atoms with van der Waals surface area (Å²) in [5.41, 5.74) is 2.89. The van der Waals surface area contributed by atoms with Gasteiger partial charge in [0.25, 0.3) is 5.69 Å². The van der Waals surface area contributed by atoms with Gasteiger partial charge in [-0.15, -0.1) is 0 Å². The number of aromatic nitrogens is 3. The highest BCUT2D eigenvalue weighted by atomic mass is 16.7. The van der Waals surface area contributed by atoms with E-state index in [1.165, 1.54) is 12.1 Å². The Labute approximate surface area is 135 Å². The first kappa shape index (κ1) is 14.4. The molecule has 0 unspecified atom stereocenters. The van der Waals surface area contributed by atoms with Crippen LogP contribution in [0.15, 0.2) is 30.6 Å². The van der Waals surface area contributed by atoms with Crippen LogP contribution < -0.4 is 10.1 Å². The van der Waals surface area contributed by atoms with E-state index in [1.807, 2.05) is 6.07 Å². The van der Waals surface area contributed by atoms with Crippen LogP contribution in [0.1, 0.15) is 11.1 Å². The fraction of sp³-hybridized carbons (Fsp3) is 0.200. The van der Waals surface area contributed by atoms with E-state index in [4.69, 9.17) is 9.47 Å². The standard InChI is InChI=1S/C15H13N5O4/c21-20(22)13-2-9(14-11(3-13)7-23-8-24-14)4-16-12-1-10-5-18-19-15(10)17-6-12/h1-3,5-6,16H,4,7-8H2,(H,17,18,19). The Hall–Kier alpha value is -3.20. The van der Waals surface area contributed by atoms with Crippen molar-refractivity contribution in [2.75, 3.05) is 12.1 Å². The van der Waals surface area contributed by atoms with E-state index in [9.17, 15) is 10.1 Å². The number of nitro benzene ring substituents is 1. The SMILES string of the molecule is O=[N+]([O-])c1cc(CNc2cnc3[nH]ncc3c2)c2c(c1)COCO2. The number of nitrogens with zero attached hydrogens (tertiary/aromatic N) is 3. The number of anilines is 1. The van der Waals surface area contributed by atoms with Crippen LogP contribution in [0.4, 0.5) is 11.4 Å². The van der Waals surface area contributed by atoms with Crippen molar-refractivity contribution in [3.05, 3.63) is 51.8 Å². The molecule has 9 nitrogen and oxygen atoms in total. The summed E-state index contributed by atoms with van der Waals surface area (Å²) in [5.74, 6) is 0.636. The van der Waals surface area contributed by atoms with E-state index in [1.54, 1.807) is 12.4 Å². The van der Waals surface area contributed by atoms with E-state index in [-0.39, 0.29) is 12.5 Å². The number of fused-ring (bicyclic) bond motifs is 2. The molecule has 0 spiro atoms. The van der Waals surface area contributed by atoms with Gasteiger partial charge in [-0.2, -0.15) is 5.10 Å². The number of benzene rings is 1. The third kappa shape index (κ3) is 2.61. The van der Waals surface area contributed by atoms with Crippen molar-refractivity contribution in [3.8, 4) is 5.75 Å². The van der Waals surface area contributed by atoms with Gasteiger partial charge in [-0.1, -0.05) is 0 Å². The number of H-pyrrole nitrogens is 1. The minimum atomic E-state index is -0.419. The molecule has 0 fully saturated rings. The van der Waals surface area contributed by atoms with Crippen LogP contribution in [-0.4, -0.2) is 26.9 Å². The largest absolute Gasteiger partial charge is 0.467 e. The molecule has 2 aromatic heterocycles. The van der Waals surface area contributed by atoms with Crippen LogP contribution in [-0.2, 0) is 17.9 Å². The van der Waals surface area contributed by atoms with Gasteiger partial charge in [0.1, 0.15) is 5.75 Å². The number of aromatic amines is 1. The number of rotatable bonds is 4. The molecular weight excluding hydrogens is 314 g/mol. The summed E-state index contributed by atoms with van der Waals surface area (Å²) in [6, 6.07) is 4.90. The van der Waals surface area contributed by atoms with Crippen molar-refractivity contribution in [3.63, 3.8) is 0 Å². The Morgan fingerprint density at radius 2 is 2.25 bits per heavy atom. The molecular formula is C15H13N5O4. The minimum Gasteiger partial charge on any atom is -0.467 e. The summed E-state index contributed by atoms with van der Waals surface area (Å²) in [4.78, 5) is 14.9. The Morgan fingerprint density at radius 1 is 1.33 bits per heavy atom. The minimum absolute atomic E-state index is 0.0167. The van der Waals surface area contributed by atoms with Crippen molar-refractivity contribution >= 4 is 22.4 Å². The number of nitrogens with one attached hydrogen (secondary N) is 2. The van der Waals surface area contributed by atoms with Crippen LogP contribution in [0.2, 0.25) is 0 Å². The maximum absolute atomic E-state index is 11.1. The zero-order valence-corrected chi connectivity index (χ0v) is 12.5. The van der Waals surface area contributed by atoms with Crippen LogP contribution in [0.5, 0.6) is 5.75 Å². The first-order valence-electron chi connectivity index (χ1n) is 7.24. The molecule has 0 aliphatic carbocycles. The molecule has 3 heterocycles. The number of ether oxygens (including phenoxy) is 2. The van der Waals surface area contributed by atoms with Gasteiger partial charge in [-0.05, 0) is 6.07 Å². The van der Waals surface area contributed by atoms with Gasteiger partial charge in [-0.3, -0.25) is 15.2 Å². The third-order valence-electron chi connectivity index (χ3n) is 3.76. The molecule has 2 N–H and O–H groups in total. The summed E-state index contributed by atoms with van der Waals surface area (Å²) in [7, 11) is 0. The molecule has 0 saturated heterocycles. The van der Waals surface area contributed by atoms with Crippen molar-refractivity contribution in [1.29, 1.82) is 0 Å². The second kappa shape index (κ2) is 5.78. The van der Waals surface area contributed by atoms with Crippen molar-refractivity contribution in [2.45, 2.75) is 13.2 Å². The Balaban J connectivity index is 1.63. The Kier molecular flexibility index (Phi) is 3.47. The summed E-state index contributed by atoms with van der Waals surface area (Å²) in [6.07, 6.45) is 3.36. The molecule has 0 bridgehead atoms. The molecule has 0 amide bonds. The lowest BCUT2D eigenvalue weighted by Gasteiger charge is -2.20. The van der Waals surface area contributed by atoms with Crippen molar-refractivity contribution in [1.82, 2.24) is 15.2 Å². The summed E-state index contributed by atoms with van der Waals surface area (Å²) in [6.45, 7) is 0.807. The summed E-state index contributed by atoms with van der Waals surface area (Å²) in [5, 5.41) is 21.9. The van der Waals surface area contributed by atoms with Crippen LogP contribution in [0.3, 0.4) is 0 Å². The number of pyridine rings is 1. The summed E-state index contributed by atoms with van der Waals surface area (Å²) >= 11 is 0. The van der Waals surface area contributed by atoms with Gasteiger partial charge in [0.2, 0.25) is 0 Å². The normalized spacial score (nSPS) is 13.3. The monoisotopic (exact) mass is 327 g/mol. The average Bonchev–Trinajstić information content (AvgIpc) is 3.07. The topological polar surface area (TPSA) is 115 Å². The predicted molar refractivity (Wildman–Crippen MR) is 84.6 cm³/mol. The maximum Gasteiger partial charge on any atom is 0.270 e. The van der Waals surface area contributed by atoms with Crippen LogP contribution in [0.25, 0.3) is 11.0 Å². The molecule has 24 heavy (non-hydrogen) atoms. The molecule has 4 rings (SSSR count). The van der Waals surface area contributed by atoms with E-state index in [2.05, 4.69) is 20.5 Å². The zero-order valence-electron chi connectivity index (χ0n) is 12.5. The average molecular weight is 327 g/mol. The molecule has 1 aliphatic heterocycles. The van der Waals surface area contributed by atoms with Gasteiger partial charge in [0.15, 0.2) is 12.4 Å². The number of non-ortho nitro benzene ring substituents is 1. The smallest absolute Gasteiger partial charge is 0.270 e. The lowest BCUT2D eigenvalue weighted by molar-refractivity contribution is -0.385. The van der Waals surface area contributed by atoms with E-state index in [0.29, 0.717) is 35.7 Å². The van der Waals surface area contributed by atoms with E-state index >= 15 is 0 Å². The van der Waals surface area contributed by atoms with Crippen LogP contribution in [0, 0.1) is 10.1 Å². The highest BCUT2D eigenvalue weighted by molar-refractivity contribution is 5.77. The number of hydrogen-bond donors (Lipinski definition) is 2. The van der Waals surface area contributed by atoms with E-state index in [0.717, 1.165) is 11.1 Å². The van der Waals surface area contributed by atoms with Crippen molar-refractivity contribution in [2.24, 2.45) is 0 Å². The third-order valence-corrected chi connectivity index (χ3v) is 3.76. The number of hydrogen-bond acceptors (Lipinski definition) is 7. The van der Waals surface area contributed by atoms with Gasteiger partial charge in [0, 0.05) is 35.2 Å². The highest BCUT2D eigenvalue weighted by Crippen LogP contribution is 2.33. The van der Waals surface area contributed by atoms with Gasteiger partial charge in [0.05, 0.1) is 29.6 Å². The zero-order chi connectivity index (χ0) is 16.5. The van der Waals surface area contributed by atoms with Crippen molar-refractivity contribution < 1.29 is 14.4 Å². The predicted octanol–water partition coefficient (Wildman–Crippen LogP) is 2.34. The molecule has 1 aliphatic rings.